The van der Waals surface area contributed by atoms with Crippen molar-refractivity contribution < 1.29 is 14.8 Å². The molecule has 0 heterocycles. The zero-order valence-electron chi connectivity index (χ0n) is 10.1. The summed E-state index contributed by atoms with van der Waals surface area (Å²) in [4.78, 5) is 21.3. The van der Waals surface area contributed by atoms with Gasteiger partial charge in [-0.3, -0.25) is 14.9 Å². The molecule has 1 aromatic rings. The summed E-state index contributed by atoms with van der Waals surface area (Å²) in [6.45, 7) is 0. The number of para-hydroxylation sites is 1. The second-order valence-electron chi connectivity index (χ2n) is 4.72. The van der Waals surface area contributed by atoms with E-state index in [0.717, 1.165) is 6.42 Å². The third-order valence-corrected chi connectivity index (χ3v) is 3.67. The average molecular weight is 285 g/mol. The Kier molecular flexibility index (Phi) is 3.61. The Morgan fingerprint density at radius 3 is 2.68 bits per heavy atom. The predicted octanol–water partition coefficient (Wildman–Crippen LogP) is 3.06. The number of anilines is 1. The molecule has 0 radical (unpaired) electrons. The van der Waals surface area contributed by atoms with Crippen LogP contribution in [0.2, 0.25) is 5.02 Å². The van der Waals surface area contributed by atoms with Crippen molar-refractivity contribution in [3.8, 4) is 0 Å². The monoisotopic (exact) mass is 284 g/mol. The van der Waals surface area contributed by atoms with Crippen LogP contribution in [-0.2, 0) is 4.79 Å². The highest BCUT2D eigenvalue weighted by atomic mass is 35.5. The molecule has 1 aliphatic rings. The van der Waals surface area contributed by atoms with E-state index in [0.29, 0.717) is 12.8 Å². The van der Waals surface area contributed by atoms with Crippen LogP contribution in [0.3, 0.4) is 0 Å². The molecule has 1 aromatic carbocycles. The standard InChI is InChI=1S/C12H13ClN2O4/c13-8-3-1-4-9(11(8)15(18)19)14-12(5-2-6-12)7-10(16)17/h1,3-4,14H,2,5-7H2,(H,16,17). The molecule has 6 nitrogen and oxygen atoms in total. The van der Waals surface area contributed by atoms with E-state index in [2.05, 4.69) is 5.32 Å². The first-order valence-corrected chi connectivity index (χ1v) is 6.24. The highest BCUT2D eigenvalue weighted by Gasteiger charge is 2.40. The lowest BCUT2D eigenvalue weighted by Gasteiger charge is -2.42. The summed E-state index contributed by atoms with van der Waals surface area (Å²) >= 11 is 5.82. The minimum Gasteiger partial charge on any atom is -0.481 e. The van der Waals surface area contributed by atoms with Crippen molar-refractivity contribution in [3.05, 3.63) is 33.3 Å². The highest BCUT2D eigenvalue weighted by molar-refractivity contribution is 6.33. The Labute approximate surface area is 114 Å². The first kappa shape index (κ1) is 13.6. The van der Waals surface area contributed by atoms with Gasteiger partial charge >= 0.3 is 11.7 Å². The van der Waals surface area contributed by atoms with Crippen LogP contribution >= 0.6 is 11.6 Å². The SMILES string of the molecule is O=C(O)CC1(Nc2cccc(Cl)c2[N+](=O)[O-])CCC1. The molecular formula is C12H13ClN2O4. The summed E-state index contributed by atoms with van der Waals surface area (Å²) in [5.41, 5.74) is -0.527. The Morgan fingerprint density at radius 1 is 1.53 bits per heavy atom. The number of carbonyl (C=O) groups is 1. The van der Waals surface area contributed by atoms with E-state index >= 15 is 0 Å². The zero-order valence-corrected chi connectivity index (χ0v) is 10.8. The van der Waals surface area contributed by atoms with E-state index in [-0.39, 0.29) is 22.8 Å². The number of nitro groups is 1. The number of benzene rings is 1. The van der Waals surface area contributed by atoms with Crippen molar-refractivity contribution in [2.24, 2.45) is 0 Å². The fourth-order valence-electron chi connectivity index (χ4n) is 2.33. The molecule has 0 aliphatic heterocycles. The van der Waals surface area contributed by atoms with Gasteiger partial charge in [0.15, 0.2) is 0 Å². The van der Waals surface area contributed by atoms with Gasteiger partial charge in [0.05, 0.1) is 11.3 Å². The molecule has 0 amide bonds. The van der Waals surface area contributed by atoms with Gasteiger partial charge in [0, 0.05) is 5.54 Å². The van der Waals surface area contributed by atoms with Crippen LogP contribution in [0.15, 0.2) is 18.2 Å². The van der Waals surface area contributed by atoms with Crippen LogP contribution in [-0.4, -0.2) is 21.5 Å². The fourth-order valence-corrected chi connectivity index (χ4v) is 2.57. The van der Waals surface area contributed by atoms with Gasteiger partial charge in [0.25, 0.3) is 0 Å². The quantitative estimate of drug-likeness (QED) is 0.640. The maximum absolute atomic E-state index is 11.0. The van der Waals surface area contributed by atoms with Crippen molar-refractivity contribution in [2.45, 2.75) is 31.2 Å². The average Bonchev–Trinajstić information content (AvgIpc) is 2.24. The largest absolute Gasteiger partial charge is 0.481 e. The van der Waals surface area contributed by atoms with Crippen molar-refractivity contribution in [2.75, 3.05) is 5.32 Å². The van der Waals surface area contributed by atoms with E-state index in [1.54, 1.807) is 12.1 Å². The van der Waals surface area contributed by atoms with Crippen LogP contribution < -0.4 is 5.32 Å². The number of nitrogens with zero attached hydrogens (tertiary/aromatic N) is 1. The molecule has 2 rings (SSSR count). The first-order valence-electron chi connectivity index (χ1n) is 5.86. The molecule has 1 aliphatic carbocycles. The maximum Gasteiger partial charge on any atom is 0.310 e. The van der Waals surface area contributed by atoms with Gasteiger partial charge in [0.2, 0.25) is 0 Å². The number of hydrogen-bond donors (Lipinski definition) is 2. The molecule has 0 atom stereocenters. The summed E-state index contributed by atoms with van der Waals surface area (Å²) in [5, 5.41) is 23.0. The van der Waals surface area contributed by atoms with Gasteiger partial charge in [-0.25, -0.2) is 0 Å². The normalized spacial score (nSPS) is 16.5. The summed E-state index contributed by atoms with van der Waals surface area (Å²) in [6.07, 6.45) is 2.22. The van der Waals surface area contributed by atoms with E-state index in [9.17, 15) is 14.9 Å². The van der Waals surface area contributed by atoms with Gasteiger partial charge in [-0.05, 0) is 31.4 Å². The second-order valence-corrected chi connectivity index (χ2v) is 5.13. The topological polar surface area (TPSA) is 92.5 Å². The summed E-state index contributed by atoms with van der Waals surface area (Å²) in [6, 6.07) is 4.59. The Hall–Kier alpha value is -1.82. The predicted molar refractivity (Wildman–Crippen MR) is 70.6 cm³/mol. The van der Waals surface area contributed by atoms with Gasteiger partial charge in [-0.2, -0.15) is 0 Å². The number of halogens is 1. The van der Waals surface area contributed by atoms with E-state index < -0.39 is 16.4 Å². The minimum atomic E-state index is -0.920. The van der Waals surface area contributed by atoms with Gasteiger partial charge in [-0.1, -0.05) is 17.7 Å². The highest BCUT2D eigenvalue weighted by Crippen LogP contribution is 2.41. The molecule has 0 saturated heterocycles. The fraction of sp³-hybridized carbons (Fsp3) is 0.417. The molecule has 0 spiro atoms. The first-order chi connectivity index (χ1) is 8.93. The molecule has 0 unspecified atom stereocenters. The summed E-state index contributed by atoms with van der Waals surface area (Å²) < 4.78 is 0. The number of carboxylic acids is 1. The van der Waals surface area contributed by atoms with E-state index in [1.165, 1.54) is 6.07 Å². The Bertz CT molecular complexity index is 528. The molecule has 1 saturated carbocycles. The van der Waals surface area contributed by atoms with Crippen LogP contribution in [0, 0.1) is 10.1 Å². The number of nitro benzene ring substituents is 1. The number of hydrogen-bond acceptors (Lipinski definition) is 4. The number of carboxylic acid groups (broad SMARTS) is 1. The molecule has 0 aromatic heterocycles. The lowest BCUT2D eigenvalue weighted by molar-refractivity contribution is -0.383. The van der Waals surface area contributed by atoms with Crippen LogP contribution in [0.5, 0.6) is 0 Å². The van der Waals surface area contributed by atoms with Crippen LogP contribution in [0.4, 0.5) is 11.4 Å². The number of aliphatic carboxylic acids is 1. The zero-order chi connectivity index (χ0) is 14.0. The lowest BCUT2D eigenvalue weighted by Crippen LogP contribution is -2.46. The van der Waals surface area contributed by atoms with Crippen LogP contribution in [0.1, 0.15) is 25.7 Å². The number of rotatable bonds is 5. The Balaban J connectivity index is 2.30. The molecule has 7 heteroatoms. The summed E-state index contributed by atoms with van der Waals surface area (Å²) in [7, 11) is 0. The molecule has 2 N–H and O–H groups in total. The van der Waals surface area contributed by atoms with Gasteiger partial charge in [0.1, 0.15) is 10.7 Å². The molecular weight excluding hydrogens is 272 g/mol. The molecule has 1 fully saturated rings. The summed E-state index contributed by atoms with van der Waals surface area (Å²) in [5.74, 6) is -0.920. The molecule has 102 valence electrons. The van der Waals surface area contributed by atoms with Crippen molar-refractivity contribution in [3.63, 3.8) is 0 Å². The second kappa shape index (κ2) is 5.05. The van der Waals surface area contributed by atoms with Gasteiger partial charge < -0.3 is 10.4 Å². The third kappa shape index (κ3) is 2.78. The smallest absolute Gasteiger partial charge is 0.310 e. The Morgan fingerprint density at radius 2 is 2.21 bits per heavy atom. The number of nitrogens with one attached hydrogen (secondary N) is 1. The molecule has 19 heavy (non-hydrogen) atoms. The van der Waals surface area contributed by atoms with Gasteiger partial charge in [-0.15, -0.1) is 0 Å². The minimum absolute atomic E-state index is 0.0415. The maximum atomic E-state index is 11.0. The lowest BCUT2D eigenvalue weighted by atomic mass is 9.74. The van der Waals surface area contributed by atoms with E-state index in [4.69, 9.17) is 16.7 Å². The van der Waals surface area contributed by atoms with Crippen molar-refractivity contribution in [1.82, 2.24) is 0 Å². The van der Waals surface area contributed by atoms with Crippen molar-refractivity contribution >= 4 is 28.9 Å². The van der Waals surface area contributed by atoms with Crippen LogP contribution in [0.25, 0.3) is 0 Å². The van der Waals surface area contributed by atoms with Crippen molar-refractivity contribution in [1.29, 1.82) is 0 Å². The third-order valence-electron chi connectivity index (χ3n) is 3.37. The van der Waals surface area contributed by atoms with E-state index in [1.807, 2.05) is 0 Å². The molecule has 0 bridgehead atoms.